The van der Waals surface area contributed by atoms with E-state index in [0.717, 1.165) is 6.07 Å². The van der Waals surface area contributed by atoms with Gasteiger partial charge in [0.15, 0.2) is 0 Å². The predicted octanol–water partition coefficient (Wildman–Crippen LogP) is 1.25. The number of halogens is 1. The second-order valence-corrected chi connectivity index (χ2v) is 3.75. The van der Waals surface area contributed by atoms with E-state index in [0.29, 0.717) is 0 Å². The molecule has 6 nitrogen and oxygen atoms in total. The van der Waals surface area contributed by atoms with Gasteiger partial charge in [0.1, 0.15) is 0 Å². The molecule has 0 aromatic heterocycles. The second kappa shape index (κ2) is 6.47. The van der Waals surface area contributed by atoms with Gasteiger partial charge in [0, 0.05) is 18.2 Å². The second-order valence-electron chi connectivity index (χ2n) is 3.75. The maximum atomic E-state index is 13.8. The lowest BCUT2D eigenvalue weighted by atomic mass is 10.1. The minimum Gasteiger partial charge on any atom is -0.480 e. The van der Waals surface area contributed by atoms with Crippen LogP contribution in [0, 0.1) is 28.3 Å². The Morgan fingerprint density at radius 1 is 1.58 bits per heavy atom. The fourth-order valence-electron chi connectivity index (χ4n) is 1.56. The number of rotatable bonds is 6. The van der Waals surface area contributed by atoms with Crippen molar-refractivity contribution in [3.63, 3.8) is 0 Å². The Morgan fingerprint density at radius 2 is 2.26 bits per heavy atom. The molecule has 0 spiro atoms. The van der Waals surface area contributed by atoms with Crippen LogP contribution >= 0.6 is 0 Å². The molecule has 100 valence electrons. The number of carboxylic acid groups (broad SMARTS) is 1. The largest absolute Gasteiger partial charge is 0.480 e. The molecule has 0 saturated carbocycles. The highest BCUT2D eigenvalue weighted by molar-refractivity contribution is 5.69. The van der Waals surface area contributed by atoms with Crippen molar-refractivity contribution in [3.8, 4) is 12.3 Å². The van der Waals surface area contributed by atoms with Crippen molar-refractivity contribution >= 4 is 11.7 Å². The van der Waals surface area contributed by atoms with Crippen LogP contribution in [0.4, 0.5) is 10.1 Å². The first-order valence-electron chi connectivity index (χ1n) is 5.25. The zero-order chi connectivity index (χ0) is 14.4. The number of hydrogen-bond donors (Lipinski definition) is 1. The summed E-state index contributed by atoms with van der Waals surface area (Å²) < 4.78 is 13.8. The first-order valence-corrected chi connectivity index (χ1v) is 5.25. The molecule has 0 aliphatic heterocycles. The molecule has 0 saturated heterocycles. The van der Waals surface area contributed by atoms with E-state index in [1.807, 2.05) is 0 Å². The highest BCUT2D eigenvalue weighted by Crippen LogP contribution is 2.21. The van der Waals surface area contributed by atoms with Gasteiger partial charge in [-0.15, -0.1) is 6.42 Å². The van der Waals surface area contributed by atoms with Gasteiger partial charge in [0.2, 0.25) is 5.82 Å². The zero-order valence-electron chi connectivity index (χ0n) is 9.88. The van der Waals surface area contributed by atoms with Gasteiger partial charge < -0.3 is 5.11 Å². The summed E-state index contributed by atoms with van der Waals surface area (Å²) in [5, 5.41) is 19.3. The molecule has 0 radical (unpaired) electrons. The lowest BCUT2D eigenvalue weighted by Crippen LogP contribution is -2.30. The smallest absolute Gasteiger partial charge is 0.317 e. The molecular weight excluding hydrogens is 255 g/mol. The Bertz CT molecular complexity index is 539. The molecule has 0 aliphatic carbocycles. The van der Waals surface area contributed by atoms with E-state index in [-0.39, 0.29) is 25.2 Å². The van der Waals surface area contributed by atoms with Crippen LogP contribution in [0.15, 0.2) is 18.2 Å². The molecule has 0 bridgehead atoms. The van der Waals surface area contributed by atoms with Gasteiger partial charge >= 0.3 is 11.7 Å². The lowest BCUT2D eigenvalue weighted by molar-refractivity contribution is -0.387. The van der Waals surface area contributed by atoms with Gasteiger partial charge in [-0.25, -0.2) is 0 Å². The lowest BCUT2D eigenvalue weighted by Gasteiger charge is -2.17. The fourth-order valence-corrected chi connectivity index (χ4v) is 1.56. The number of terminal acetylenes is 1. The van der Waals surface area contributed by atoms with Gasteiger partial charge in [-0.1, -0.05) is 18.1 Å². The molecule has 0 aliphatic rings. The maximum absolute atomic E-state index is 13.8. The summed E-state index contributed by atoms with van der Waals surface area (Å²) in [6.07, 6.45) is 5.09. The molecule has 1 aromatic rings. The summed E-state index contributed by atoms with van der Waals surface area (Å²) >= 11 is 0. The van der Waals surface area contributed by atoms with E-state index in [2.05, 4.69) is 5.92 Å². The van der Waals surface area contributed by atoms with Crippen LogP contribution in [0.25, 0.3) is 0 Å². The number of carbonyl (C=O) groups is 1. The molecule has 1 rings (SSSR count). The van der Waals surface area contributed by atoms with Gasteiger partial charge in [-0.3, -0.25) is 19.8 Å². The third-order valence-electron chi connectivity index (χ3n) is 2.32. The summed E-state index contributed by atoms with van der Waals surface area (Å²) in [5.41, 5.74) is -0.612. The van der Waals surface area contributed by atoms with E-state index in [1.54, 1.807) is 0 Å². The van der Waals surface area contributed by atoms with Crippen LogP contribution in [0.2, 0.25) is 0 Å². The van der Waals surface area contributed by atoms with E-state index < -0.39 is 22.4 Å². The Balaban J connectivity index is 2.97. The fraction of sp³-hybridized carbons (Fsp3) is 0.250. The summed E-state index contributed by atoms with van der Waals surface area (Å²) in [5.74, 6) is 0.174. The standard InChI is InChI=1S/C12H11FN2O4/c1-2-6-14(8-11(16)17)7-9-4-3-5-10(12(9)13)15(18)19/h1,3-5H,6-8H2,(H,16,17). The minimum atomic E-state index is -1.11. The first-order chi connectivity index (χ1) is 8.95. The number of hydrogen-bond acceptors (Lipinski definition) is 4. The van der Waals surface area contributed by atoms with Crippen molar-refractivity contribution < 1.29 is 19.2 Å². The minimum absolute atomic E-state index is 0.00836. The van der Waals surface area contributed by atoms with Crippen molar-refractivity contribution in [2.24, 2.45) is 0 Å². The van der Waals surface area contributed by atoms with Crippen molar-refractivity contribution in [1.29, 1.82) is 0 Å². The molecular formula is C12H11FN2O4. The van der Waals surface area contributed by atoms with Crippen LogP contribution in [0.3, 0.4) is 0 Å². The predicted molar refractivity (Wildman–Crippen MR) is 64.8 cm³/mol. The highest BCUT2D eigenvalue weighted by Gasteiger charge is 2.19. The molecule has 1 N–H and O–H groups in total. The normalized spacial score (nSPS) is 10.2. The monoisotopic (exact) mass is 266 g/mol. The topological polar surface area (TPSA) is 83.7 Å². The Morgan fingerprint density at radius 3 is 2.79 bits per heavy atom. The molecule has 7 heteroatoms. The molecule has 0 amide bonds. The summed E-state index contributed by atoms with van der Waals surface area (Å²) in [6, 6.07) is 3.74. The van der Waals surface area contributed by atoms with Crippen LogP contribution in [-0.2, 0) is 11.3 Å². The van der Waals surface area contributed by atoms with Crippen LogP contribution in [-0.4, -0.2) is 34.0 Å². The molecule has 0 heterocycles. The van der Waals surface area contributed by atoms with Crippen molar-refractivity contribution in [1.82, 2.24) is 4.90 Å². The molecule has 0 atom stereocenters. The summed E-state index contributed by atoms with van der Waals surface area (Å²) in [6.45, 7) is -0.467. The van der Waals surface area contributed by atoms with E-state index >= 15 is 0 Å². The van der Waals surface area contributed by atoms with Gasteiger partial charge in [-0.2, -0.15) is 4.39 Å². The van der Waals surface area contributed by atoms with Gasteiger partial charge in [0.05, 0.1) is 18.0 Å². The van der Waals surface area contributed by atoms with E-state index in [1.165, 1.54) is 17.0 Å². The van der Waals surface area contributed by atoms with Crippen LogP contribution in [0.5, 0.6) is 0 Å². The Kier molecular flexibility index (Phi) is 4.97. The van der Waals surface area contributed by atoms with Crippen LogP contribution < -0.4 is 0 Å². The number of nitro benzene ring substituents is 1. The Labute approximate surface area is 108 Å². The number of carboxylic acids is 1. The van der Waals surface area contributed by atoms with Crippen molar-refractivity contribution in [2.75, 3.05) is 13.1 Å². The Hall–Kier alpha value is -2.46. The molecule has 1 aromatic carbocycles. The average molecular weight is 266 g/mol. The SMILES string of the molecule is C#CCN(CC(=O)O)Cc1cccc([N+](=O)[O-])c1F. The zero-order valence-corrected chi connectivity index (χ0v) is 9.88. The van der Waals surface area contributed by atoms with Crippen molar-refractivity contribution in [3.05, 3.63) is 39.7 Å². The number of nitrogens with zero attached hydrogens (tertiary/aromatic N) is 2. The number of nitro groups is 1. The van der Waals surface area contributed by atoms with E-state index in [9.17, 15) is 19.3 Å². The maximum Gasteiger partial charge on any atom is 0.317 e. The average Bonchev–Trinajstić information content (AvgIpc) is 2.31. The summed E-state index contributed by atoms with van der Waals surface area (Å²) in [7, 11) is 0. The van der Waals surface area contributed by atoms with Gasteiger partial charge in [0.25, 0.3) is 0 Å². The van der Waals surface area contributed by atoms with Crippen molar-refractivity contribution in [2.45, 2.75) is 6.54 Å². The molecule has 0 unspecified atom stereocenters. The summed E-state index contributed by atoms with van der Waals surface area (Å²) in [4.78, 5) is 21.7. The first kappa shape index (κ1) is 14.6. The van der Waals surface area contributed by atoms with E-state index in [4.69, 9.17) is 11.5 Å². The molecule has 19 heavy (non-hydrogen) atoms. The number of benzene rings is 1. The number of aliphatic carboxylic acids is 1. The van der Waals surface area contributed by atoms with Crippen LogP contribution in [0.1, 0.15) is 5.56 Å². The third kappa shape index (κ3) is 4.04. The van der Waals surface area contributed by atoms with Gasteiger partial charge in [-0.05, 0) is 0 Å². The molecule has 0 fully saturated rings. The third-order valence-corrected chi connectivity index (χ3v) is 2.32. The quantitative estimate of drug-likeness (QED) is 0.476. The highest BCUT2D eigenvalue weighted by atomic mass is 19.1.